The van der Waals surface area contributed by atoms with Gasteiger partial charge >= 0.3 is 0 Å². The van der Waals surface area contributed by atoms with Crippen molar-refractivity contribution >= 4 is 32.5 Å². The van der Waals surface area contributed by atoms with Crippen molar-refractivity contribution in [2.24, 2.45) is 5.92 Å². The molecule has 6 heteroatoms. The highest BCUT2D eigenvalue weighted by Gasteiger charge is 2.22. The van der Waals surface area contributed by atoms with Crippen LogP contribution >= 0.6 is 11.6 Å². The summed E-state index contributed by atoms with van der Waals surface area (Å²) in [6.45, 7) is 4.60. The second kappa shape index (κ2) is 6.30. The van der Waals surface area contributed by atoms with E-state index in [2.05, 4.69) is 11.9 Å². The first kappa shape index (κ1) is 16.2. The van der Waals surface area contributed by atoms with Crippen molar-refractivity contribution < 1.29 is 8.42 Å². The molecule has 0 aliphatic carbocycles. The molecule has 0 spiro atoms. The van der Waals surface area contributed by atoms with Gasteiger partial charge in [0.05, 0.1) is 10.4 Å². The smallest absolute Gasteiger partial charge is 0.236 e. The van der Waals surface area contributed by atoms with Gasteiger partial charge in [-0.1, -0.05) is 31.9 Å². The van der Waals surface area contributed by atoms with E-state index in [0.29, 0.717) is 23.1 Å². The number of hydrogen-bond donors (Lipinski definition) is 0. The number of sulfonamides is 1. The van der Waals surface area contributed by atoms with E-state index in [-0.39, 0.29) is 4.90 Å². The average molecular weight is 327 g/mol. The van der Waals surface area contributed by atoms with E-state index >= 15 is 0 Å². The Kier molecular flexibility index (Phi) is 4.86. The van der Waals surface area contributed by atoms with Crippen LogP contribution in [-0.2, 0) is 10.0 Å². The molecule has 0 saturated heterocycles. The molecule has 4 nitrogen and oxygen atoms in total. The van der Waals surface area contributed by atoms with Crippen molar-refractivity contribution in [3.8, 4) is 0 Å². The minimum Gasteiger partial charge on any atom is -0.236 e. The zero-order valence-electron chi connectivity index (χ0n) is 12.4. The number of halogens is 1. The van der Waals surface area contributed by atoms with Crippen LogP contribution in [0, 0.1) is 5.92 Å². The lowest BCUT2D eigenvalue weighted by Gasteiger charge is -2.20. The SMILES string of the molecule is CCC(C)CN(C)S(=O)(=O)c1ccc2nc(Cl)ccc2c1. The number of rotatable bonds is 5. The van der Waals surface area contributed by atoms with E-state index in [1.165, 1.54) is 4.31 Å². The number of pyridine rings is 1. The van der Waals surface area contributed by atoms with Crippen molar-refractivity contribution in [1.82, 2.24) is 9.29 Å². The lowest BCUT2D eigenvalue weighted by atomic mass is 10.1. The van der Waals surface area contributed by atoms with E-state index in [0.717, 1.165) is 11.8 Å². The van der Waals surface area contributed by atoms with Crippen LogP contribution in [0.1, 0.15) is 20.3 Å². The second-order valence-corrected chi connectivity index (χ2v) is 7.72. The van der Waals surface area contributed by atoms with Gasteiger partial charge in [-0.15, -0.1) is 0 Å². The van der Waals surface area contributed by atoms with E-state index in [9.17, 15) is 8.42 Å². The zero-order valence-corrected chi connectivity index (χ0v) is 13.9. The van der Waals surface area contributed by atoms with Crippen LogP contribution in [0.4, 0.5) is 0 Å². The molecule has 1 unspecified atom stereocenters. The molecule has 114 valence electrons. The van der Waals surface area contributed by atoms with Crippen molar-refractivity contribution in [3.05, 3.63) is 35.5 Å². The molecule has 0 amide bonds. The van der Waals surface area contributed by atoms with Crippen LogP contribution in [0.15, 0.2) is 35.2 Å². The highest BCUT2D eigenvalue weighted by Crippen LogP contribution is 2.22. The molecule has 0 saturated carbocycles. The third-order valence-electron chi connectivity index (χ3n) is 3.60. The highest BCUT2D eigenvalue weighted by molar-refractivity contribution is 7.89. The number of fused-ring (bicyclic) bond motifs is 1. The molecular formula is C15H19ClN2O2S. The molecule has 0 radical (unpaired) electrons. The molecule has 1 atom stereocenters. The Hall–Kier alpha value is -1.17. The minimum absolute atomic E-state index is 0.282. The number of nitrogens with zero attached hydrogens (tertiary/aromatic N) is 2. The minimum atomic E-state index is -3.47. The summed E-state index contributed by atoms with van der Waals surface area (Å²) in [7, 11) is -1.86. The molecule has 1 aromatic heterocycles. The van der Waals surface area contributed by atoms with Crippen molar-refractivity contribution in [2.75, 3.05) is 13.6 Å². The number of aromatic nitrogens is 1. The molecule has 0 aliphatic heterocycles. The second-order valence-electron chi connectivity index (χ2n) is 5.29. The Labute approximate surface area is 130 Å². The van der Waals surface area contributed by atoms with Gasteiger partial charge in [0.25, 0.3) is 0 Å². The molecule has 21 heavy (non-hydrogen) atoms. The van der Waals surface area contributed by atoms with Gasteiger partial charge in [0, 0.05) is 19.0 Å². The fourth-order valence-corrected chi connectivity index (χ4v) is 3.57. The summed E-state index contributed by atoms with van der Waals surface area (Å²) in [4.78, 5) is 4.44. The monoisotopic (exact) mass is 326 g/mol. The molecular weight excluding hydrogens is 308 g/mol. The first-order valence-corrected chi connectivity index (χ1v) is 8.69. The molecule has 0 bridgehead atoms. The van der Waals surface area contributed by atoms with Gasteiger partial charge in [0.2, 0.25) is 10.0 Å². The predicted octanol–water partition coefficient (Wildman–Crippen LogP) is 3.55. The van der Waals surface area contributed by atoms with Gasteiger partial charge in [0.15, 0.2) is 0 Å². The third-order valence-corrected chi connectivity index (χ3v) is 5.63. The molecule has 2 rings (SSSR count). The van der Waals surface area contributed by atoms with Crippen LogP contribution in [0.25, 0.3) is 10.9 Å². The van der Waals surface area contributed by atoms with Crippen LogP contribution in [0.3, 0.4) is 0 Å². The topological polar surface area (TPSA) is 50.3 Å². The maximum Gasteiger partial charge on any atom is 0.242 e. The van der Waals surface area contributed by atoms with Gasteiger partial charge in [-0.2, -0.15) is 0 Å². The maximum atomic E-state index is 12.6. The number of benzene rings is 1. The van der Waals surface area contributed by atoms with Crippen LogP contribution in [-0.4, -0.2) is 31.3 Å². The first-order chi connectivity index (χ1) is 9.84. The normalized spacial score (nSPS) is 13.8. The Morgan fingerprint density at radius 2 is 2.00 bits per heavy atom. The molecule has 2 aromatic rings. The quantitative estimate of drug-likeness (QED) is 0.789. The largest absolute Gasteiger partial charge is 0.242 e. The van der Waals surface area contributed by atoms with E-state index in [1.807, 2.05) is 6.92 Å². The van der Waals surface area contributed by atoms with Gasteiger partial charge < -0.3 is 0 Å². The maximum absolute atomic E-state index is 12.6. The summed E-state index contributed by atoms with van der Waals surface area (Å²) >= 11 is 5.83. The van der Waals surface area contributed by atoms with Crippen LogP contribution in [0.5, 0.6) is 0 Å². The molecule has 0 aliphatic rings. The Bertz CT molecular complexity index is 746. The first-order valence-electron chi connectivity index (χ1n) is 6.87. The fourth-order valence-electron chi connectivity index (χ4n) is 2.09. The Morgan fingerprint density at radius 1 is 1.29 bits per heavy atom. The van der Waals surface area contributed by atoms with Crippen molar-refractivity contribution in [3.63, 3.8) is 0 Å². The van der Waals surface area contributed by atoms with E-state index < -0.39 is 10.0 Å². The van der Waals surface area contributed by atoms with Crippen LogP contribution < -0.4 is 0 Å². The molecule has 1 heterocycles. The van der Waals surface area contributed by atoms with Crippen LogP contribution in [0.2, 0.25) is 5.15 Å². The standard InChI is InChI=1S/C15H19ClN2O2S/c1-4-11(2)10-18(3)21(19,20)13-6-7-14-12(9-13)5-8-15(16)17-14/h5-9,11H,4,10H2,1-3H3. The predicted molar refractivity (Wildman–Crippen MR) is 86.0 cm³/mol. The molecule has 1 aromatic carbocycles. The van der Waals surface area contributed by atoms with Gasteiger partial charge in [-0.05, 0) is 36.2 Å². The highest BCUT2D eigenvalue weighted by atomic mass is 35.5. The lowest BCUT2D eigenvalue weighted by Crippen LogP contribution is -2.31. The summed E-state index contributed by atoms with van der Waals surface area (Å²) in [6.07, 6.45) is 0.944. The lowest BCUT2D eigenvalue weighted by molar-refractivity contribution is 0.393. The summed E-state index contributed by atoms with van der Waals surface area (Å²) in [5.74, 6) is 0.325. The summed E-state index contributed by atoms with van der Waals surface area (Å²) in [6, 6.07) is 8.34. The summed E-state index contributed by atoms with van der Waals surface area (Å²) in [5, 5.41) is 1.16. The van der Waals surface area contributed by atoms with Gasteiger partial charge in [0.1, 0.15) is 5.15 Å². The van der Waals surface area contributed by atoms with Crippen molar-refractivity contribution in [2.45, 2.75) is 25.2 Å². The van der Waals surface area contributed by atoms with Crippen molar-refractivity contribution in [1.29, 1.82) is 0 Å². The van der Waals surface area contributed by atoms with E-state index in [4.69, 9.17) is 11.6 Å². The third kappa shape index (κ3) is 3.54. The Morgan fingerprint density at radius 3 is 2.67 bits per heavy atom. The number of hydrogen-bond acceptors (Lipinski definition) is 3. The molecule has 0 fully saturated rings. The molecule has 0 N–H and O–H groups in total. The Balaban J connectivity index is 2.38. The summed E-state index contributed by atoms with van der Waals surface area (Å²) < 4.78 is 26.6. The zero-order chi connectivity index (χ0) is 15.6. The summed E-state index contributed by atoms with van der Waals surface area (Å²) in [5.41, 5.74) is 0.686. The van der Waals surface area contributed by atoms with Gasteiger partial charge in [-0.25, -0.2) is 17.7 Å². The van der Waals surface area contributed by atoms with Gasteiger partial charge in [-0.3, -0.25) is 0 Å². The average Bonchev–Trinajstić information content (AvgIpc) is 2.46. The van der Waals surface area contributed by atoms with E-state index in [1.54, 1.807) is 37.4 Å². The fraction of sp³-hybridized carbons (Fsp3) is 0.400.